The fourth-order valence-electron chi connectivity index (χ4n) is 1.85. The van der Waals surface area contributed by atoms with Gasteiger partial charge in [-0.25, -0.2) is 4.98 Å². The molecular weight excluding hydrogens is 222 g/mol. The lowest BCUT2D eigenvalue weighted by atomic mass is 10.0. The first kappa shape index (κ1) is 11.6. The van der Waals surface area contributed by atoms with Gasteiger partial charge in [-0.2, -0.15) is 0 Å². The number of aromatic nitrogens is 1. The van der Waals surface area contributed by atoms with E-state index < -0.39 is 11.4 Å². The lowest BCUT2D eigenvalue weighted by Gasteiger charge is -2.05. The van der Waals surface area contributed by atoms with Gasteiger partial charge in [-0.1, -0.05) is 13.8 Å². The van der Waals surface area contributed by atoms with Crippen molar-refractivity contribution in [3.05, 3.63) is 16.1 Å². The van der Waals surface area contributed by atoms with E-state index in [-0.39, 0.29) is 0 Å². The Morgan fingerprint density at radius 3 is 2.81 bits per heavy atom. The lowest BCUT2D eigenvalue weighted by molar-refractivity contribution is -0.143. The van der Waals surface area contributed by atoms with E-state index in [0.29, 0.717) is 12.3 Å². The molecule has 1 aliphatic carbocycles. The number of hydrogen-bond acceptors (Lipinski definition) is 3. The van der Waals surface area contributed by atoms with Gasteiger partial charge in [-0.3, -0.25) is 4.79 Å². The maximum absolute atomic E-state index is 11.0. The molecule has 1 aromatic rings. The van der Waals surface area contributed by atoms with Crippen LogP contribution in [-0.2, 0) is 17.6 Å². The predicted molar refractivity (Wildman–Crippen MR) is 63.7 cm³/mol. The molecule has 4 heteroatoms. The standard InChI is InChI=1S/C12H17NO2S/c1-8(2)5-9-7-16-10(13-9)6-12(3-4-12)11(14)15/h7-8H,3-6H2,1-2H3,(H,14,15). The predicted octanol–water partition coefficient (Wildman–Crippen LogP) is 2.75. The zero-order chi connectivity index (χ0) is 11.8. The summed E-state index contributed by atoms with van der Waals surface area (Å²) in [6.45, 7) is 4.33. The fourth-order valence-corrected chi connectivity index (χ4v) is 2.80. The number of thiazole rings is 1. The number of carbonyl (C=O) groups is 1. The second-order valence-corrected chi connectivity index (χ2v) is 6.04. The van der Waals surface area contributed by atoms with Gasteiger partial charge in [0.2, 0.25) is 0 Å². The third kappa shape index (κ3) is 2.43. The minimum absolute atomic E-state index is 0.479. The summed E-state index contributed by atoms with van der Waals surface area (Å²) in [5, 5.41) is 12.1. The Labute approximate surface area is 99.5 Å². The number of carboxylic acids is 1. The van der Waals surface area contributed by atoms with Crippen molar-refractivity contribution in [3.63, 3.8) is 0 Å². The highest BCUT2D eigenvalue weighted by molar-refractivity contribution is 7.09. The molecule has 0 radical (unpaired) electrons. The minimum atomic E-state index is -0.659. The molecule has 0 atom stereocenters. The van der Waals surface area contributed by atoms with Crippen molar-refractivity contribution in [2.75, 3.05) is 0 Å². The summed E-state index contributed by atoms with van der Waals surface area (Å²) >= 11 is 1.60. The van der Waals surface area contributed by atoms with Crippen LogP contribution in [0, 0.1) is 11.3 Å². The molecule has 88 valence electrons. The average Bonchev–Trinajstić information content (AvgIpc) is 2.83. The molecule has 3 nitrogen and oxygen atoms in total. The highest BCUT2D eigenvalue weighted by atomic mass is 32.1. The van der Waals surface area contributed by atoms with Crippen molar-refractivity contribution in [3.8, 4) is 0 Å². The molecule has 0 spiro atoms. The van der Waals surface area contributed by atoms with Gasteiger partial charge in [-0.05, 0) is 25.2 Å². The number of aliphatic carboxylic acids is 1. The summed E-state index contributed by atoms with van der Waals surface area (Å²) in [5.41, 5.74) is 0.628. The molecule has 2 rings (SSSR count). The molecule has 0 saturated heterocycles. The Morgan fingerprint density at radius 2 is 2.31 bits per heavy atom. The maximum atomic E-state index is 11.0. The minimum Gasteiger partial charge on any atom is -0.481 e. The molecule has 1 aliphatic rings. The third-order valence-corrected chi connectivity index (χ3v) is 3.91. The highest BCUT2D eigenvalue weighted by Gasteiger charge is 2.50. The highest BCUT2D eigenvalue weighted by Crippen LogP contribution is 2.48. The third-order valence-electron chi connectivity index (χ3n) is 3.01. The number of carboxylic acid groups (broad SMARTS) is 1. The molecule has 1 heterocycles. The van der Waals surface area contributed by atoms with Crippen molar-refractivity contribution in [1.82, 2.24) is 4.98 Å². The zero-order valence-electron chi connectivity index (χ0n) is 9.69. The Morgan fingerprint density at radius 1 is 1.62 bits per heavy atom. The van der Waals surface area contributed by atoms with Gasteiger partial charge in [-0.15, -0.1) is 11.3 Å². The van der Waals surface area contributed by atoms with Crippen LogP contribution in [0.3, 0.4) is 0 Å². The van der Waals surface area contributed by atoms with E-state index in [1.54, 1.807) is 11.3 Å². The van der Waals surface area contributed by atoms with Crippen LogP contribution in [0.1, 0.15) is 37.4 Å². The van der Waals surface area contributed by atoms with E-state index in [2.05, 4.69) is 24.2 Å². The Kier molecular flexibility index (Phi) is 3.02. The van der Waals surface area contributed by atoms with Crippen LogP contribution in [-0.4, -0.2) is 16.1 Å². The molecule has 0 amide bonds. The van der Waals surface area contributed by atoms with E-state index in [1.165, 1.54) is 0 Å². The smallest absolute Gasteiger partial charge is 0.310 e. The number of nitrogens with zero attached hydrogens (tertiary/aromatic N) is 1. The first-order valence-corrected chi connectivity index (χ1v) is 6.56. The van der Waals surface area contributed by atoms with Crippen molar-refractivity contribution < 1.29 is 9.90 Å². The Hall–Kier alpha value is -0.900. The molecule has 0 aliphatic heterocycles. The van der Waals surface area contributed by atoms with Gasteiger partial charge >= 0.3 is 5.97 Å². The fraction of sp³-hybridized carbons (Fsp3) is 0.667. The van der Waals surface area contributed by atoms with Crippen molar-refractivity contribution in [1.29, 1.82) is 0 Å². The van der Waals surface area contributed by atoms with Gasteiger partial charge in [0.25, 0.3) is 0 Å². The van der Waals surface area contributed by atoms with E-state index in [4.69, 9.17) is 5.11 Å². The molecule has 0 unspecified atom stereocenters. The Bertz CT molecular complexity index is 393. The quantitative estimate of drug-likeness (QED) is 0.859. The average molecular weight is 239 g/mol. The molecule has 1 saturated carbocycles. The largest absolute Gasteiger partial charge is 0.481 e. The van der Waals surface area contributed by atoms with Crippen molar-refractivity contribution >= 4 is 17.3 Å². The zero-order valence-corrected chi connectivity index (χ0v) is 10.5. The maximum Gasteiger partial charge on any atom is 0.310 e. The van der Waals surface area contributed by atoms with Crippen LogP contribution in [0.2, 0.25) is 0 Å². The summed E-state index contributed by atoms with van der Waals surface area (Å²) in [6, 6.07) is 0. The first-order valence-electron chi connectivity index (χ1n) is 5.68. The van der Waals surface area contributed by atoms with Crippen molar-refractivity contribution in [2.45, 2.75) is 39.5 Å². The van der Waals surface area contributed by atoms with Crippen LogP contribution in [0.5, 0.6) is 0 Å². The molecule has 0 bridgehead atoms. The lowest BCUT2D eigenvalue weighted by Crippen LogP contribution is -2.17. The number of hydrogen-bond donors (Lipinski definition) is 1. The van der Waals surface area contributed by atoms with Gasteiger partial charge in [0, 0.05) is 11.8 Å². The second-order valence-electron chi connectivity index (χ2n) is 5.09. The normalized spacial score (nSPS) is 17.7. The topological polar surface area (TPSA) is 50.2 Å². The van der Waals surface area contributed by atoms with Gasteiger partial charge < -0.3 is 5.11 Å². The SMILES string of the molecule is CC(C)Cc1csc(CC2(C(=O)O)CC2)n1. The molecular formula is C12H17NO2S. The van der Waals surface area contributed by atoms with Crippen molar-refractivity contribution in [2.24, 2.45) is 11.3 Å². The van der Waals surface area contributed by atoms with Crippen LogP contribution < -0.4 is 0 Å². The summed E-state index contributed by atoms with van der Waals surface area (Å²) in [6.07, 6.45) is 3.21. The first-order chi connectivity index (χ1) is 7.52. The molecule has 1 N–H and O–H groups in total. The van der Waals surface area contributed by atoms with E-state index in [1.807, 2.05) is 0 Å². The second kappa shape index (κ2) is 4.17. The molecule has 16 heavy (non-hydrogen) atoms. The monoisotopic (exact) mass is 239 g/mol. The van der Waals surface area contributed by atoms with Crippen LogP contribution >= 0.6 is 11.3 Å². The van der Waals surface area contributed by atoms with Crippen LogP contribution in [0.4, 0.5) is 0 Å². The van der Waals surface area contributed by atoms with Crippen LogP contribution in [0.25, 0.3) is 0 Å². The molecule has 0 aromatic carbocycles. The Balaban J connectivity index is 2.00. The van der Waals surface area contributed by atoms with Gasteiger partial charge in [0.15, 0.2) is 0 Å². The summed E-state index contributed by atoms with van der Waals surface area (Å²) in [4.78, 5) is 15.6. The number of rotatable bonds is 5. The summed E-state index contributed by atoms with van der Waals surface area (Å²) < 4.78 is 0. The van der Waals surface area contributed by atoms with Gasteiger partial charge in [0.1, 0.15) is 0 Å². The van der Waals surface area contributed by atoms with E-state index >= 15 is 0 Å². The molecule has 1 aromatic heterocycles. The summed E-state index contributed by atoms with van der Waals surface area (Å²) in [5.74, 6) is -0.0579. The van der Waals surface area contributed by atoms with Gasteiger partial charge in [0.05, 0.1) is 16.1 Å². The van der Waals surface area contributed by atoms with E-state index in [0.717, 1.165) is 30.0 Å². The van der Waals surface area contributed by atoms with E-state index in [9.17, 15) is 4.79 Å². The van der Waals surface area contributed by atoms with Crippen LogP contribution in [0.15, 0.2) is 5.38 Å². The summed E-state index contributed by atoms with van der Waals surface area (Å²) in [7, 11) is 0. The molecule has 1 fully saturated rings.